The van der Waals surface area contributed by atoms with Crippen molar-refractivity contribution in [1.29, 1.82) is 0 Å². The van der Waals surface area contributed by atoms with Gasteiger partial charge in [-0.2, -0.15) is 0 Å². The van der Waals surface area contributed by atoms with Gasteiger partial charge in [-0.3, -0.25) is 0 Å². The highest BCUT2D eigenvalue weighted by Crippen LogP contribution is 2.54. The molecule has 0 aliphatic heterocycles. The van der Waals surface area contributed by atoms with Crippen molar-refractivity contribution >= 4 is 120 Å². The van der Waals surface area contributed by atoms with E-state index in [0.717, 1.165) is 66.3 Å². The first-order valence-corrected chi connectivity index (χ1v) is 25.3. The molecule has 0 atom stereocenters. The second kappa shape index (κ2) is 13.9. The zero-order chi connectivity index (χ0) is 47.8. The fraction of sp³-hybridized carbons (Fsp3) is 0.0435. The maximum absolute atomic E-state index is 6.62. The molecule has 0 saturated carbocycles. The van der Waals surface area contributed by atoms with Crippen molar-refractivity contribution < 1.29 is 8.83 Å². The SMILES string of the molecule is CC1(C)c2cc3c4ccccc4c4ccccc4c3cc2-c2cc3c(cc21)c1cc(-c2ccc4c(c2)c2ccccc2n4-c2cccc4c2oc2ccccc24)ccc1n3-c1ccc2oc3ccccc3c2c1. The Kier molecular flexibility index (Phi) is 7.51. The minimum absolute atomic E-state index is 0.244. The lowest BCUT2D eigenvalue weighted by Gasteiger charge is -2.22. The Bertz CT molecular complexity index is 5130. The molecule has 0 fully saturated rings. The third-order valence-corrected chi connectivity index (χ3v) is 16.7. The number of para-hydroxylation sites is 4. The Labute approximate surface area is 418 Å². The minimum Gasteiger partial charge on any atom is -0.456 e. The maximum atomic E-state index is 6.62. The van der Waals surface area contributed by atoms with Crippen LogP contribution in [0.15, 0.2) is 227 Å². The molecule has 4 aromatic heterocycles. The van der Waals surface area contributed by atoms with Crippen LogP contribution in [-0.4, -0.2) is 9.13 Å². The molecule has 0 N–H and O–H groups in total. The van der Waals surface area contributed by atoms with Gasteiger partial charge in [-0.25, -0.2) is 0 Å². The standard InChI is InChI=1S/C69H42N2O2/c1-69(2)58-36-51-45-17-6-4-15-43(45)42-14-3-5-16-44(42)50(51)35-52(58)53-38-64-56(37-59(53)69)55-33-40(26-29-61(55)70(64)41-28-31-67-57(34-41)48-20-9-11-24-65(48)72-67)39-27-30-62-54(32-39)46-18-7-10-22-60(46)71(62)63-23-13-21-49-47-19-8-12-25-66(47)73-68(49)63/h3-38H,1-2H3. The van der Waals surface area contributed by atoms with Crippen molar-refractivity contribution in [3.63, 3.8) is 0 Å². The quantitative estimate of drug-likeness (QED) is 0.166. The summed E-state index contributed by atoms with van der Waals surface area (Å²) in [5.41, 5.74) is 17.8. The van der Waals surface area contributed by atoms with Gasteiger partial charge >= 0.3 is 0 Å². The summed E-state index contributed by atoms with van der Waals surface area (Å²) in [6.07, 6.45) is 0. The van der Waals surface area contributed by atoms with Gasteiger partial charge in [0.15, 0.2) is 5.58 Å². The van der Waals surface area contributed by atoms with E-state index in [1.165, 1.54) is 98.3 Å². The third-order valence-electron chi connectivity index (χ3n) is 16.7. The van der Waals surface area contributed by atoms with Crippen LogP contribution in [0.5, 0.6) is 0 Å². The second-order valence-electron chi connectivity index (χ2n) is 20.8. The summed E-state index contributed by atoms with van der Waals surface area (Å²) < 4.78 is 17.9. The highest BCUT2D eigenvalue weighted by Gasteiger charge is 2.37. The number of fused-ring (bicyclic) bond motifs is 21. The topological polar surface area (TPSA) is 36.1 Å². The summed E-state index contributed by atoms with van der Waals surface area (Å²) in [5, 5.41) is 17.2. The second-order valence-corrected chi connectivity index (χ2v) is 20.8. The van der Waals surface area contributed by atoms with Crippen molar-refractivity contribution in [2.45, 2.75) is 19.3 Å². The molecule has 73 heavy (non-hydrogen) atoms. The molecule has 0 saturated heterocycles. The van der Waals surface area contributed by atoms with Crippen molar-refractivity contribution in [3.8, 4) is 33.6 Å². The lowest BCUT2D eigenvalue weighted by molar-refractivity contribution is 0.662. The molecule has 0 spiro atoms. The predicted molar refractivity (Wildman–Crippen MR) is 305 cm³/mol. The van der Waals surface area contributed by atoms with Crippen molar-refractivity contribution in [3.05, 3.63) is 230 Å². The van der Waals surface area contributed by atoms with Crippen LogP contribution in [-0.2, 0) is 5.41 Å². The van der Waals surface area contributed by atoms with E-state index >= 15 is 0 Å². The summed E-state index contributed by atoms with van der Waals surface area (Å²) in [6.45, 7) is 4.84. The molecule has 340 valence electrons. The van der Waals surface area contributed by atoms with Gasteiger partial charge in [0.2, 0.25) is 0 Å². The highest BCUT2D eigenvalue weighted by atomic mass is 16.3. The van der Waals surface area contributed by atoms with Gasteiger partial charge in [0.1, 0.15) is 16.7 Å². The highest BCUT2D eigenvalue weighted by molar-refractivity contribution is 6.26. The van der Waals surface area contributed by atoms with E-state index in [0.29, 0.717) is 0 Å². The van der Waals surface area contributed by atoms with Crippen LogP contribution in [0.3, 0.4) is 0 Å². The first-order valence-electron chi connectivity index (χ1n) is 25.3. The summed E-state index contributed by atoms with van der Waals surface area (Å²) in [5.74, 6) is 0. The Hall–Kier alpha value is -9.38. The van der Waals surface area contributed by atoms with E-state index in [1.54, 1.807) is 0 Å². The van der Waals surface area contributed by atoms with E-state index in [2.05, 4.69) is 229 Å². The number of rotatable bonds is 3. The van der Waals surface area contributed by atoms with Crippen LogP contribution in [0.25, 0.3) is 153 Å². The molecule has 12 aromatic carbocycles. The number of hydrogen-bond donors (Lipinski definition) is 0. The van der Waals surface area contributed by atoms with Crippen LogP contribution in [0.4, 0.5) is 0 Å². The van der Waals surface area contributed by atoms with Crippen LogP contribution < -0.4 is 0 Å². The molecule has 0 radical (unpaired) electrons. The molecular weight excluding hydrogens is 889 g/mol. The third kappa shape index (κ3) is 5.19. The van der Waals surface area contributed by atoms with Gasteiger partial charge in [-0.1, -0.05) is 141 Å². The monoisotopic (exact) mass is 930 g/mol. The largest absolute Gasteiger partial charge is 0.456 e. The molecule has 1 aliphatic carbocycles. The van der Waals surface area contributed by atoms with E-state index in [9.17, 15) is 0 Å². The van der Waals surface area contributed by atoms with Gasteiger partial charge < -0.3 is 18.0 Å². The lowest BCUT2D eigenvalue weighted by atomic mass is 9.81. The lowest BCUT2D eigenvalue weighted by Crippen LogP contribution is -2.15. The van der Waals surface area contributed by atoms with Crippen molar-refractivity contribution in [1.82, 2.24) is 9.13 Å². The fourth-order valence-corrected chi connectivity index (χ4v) is 13.3. The van der Waals surface area contributed by atoms with Crippen LogP contribution in [0.2, 0.25) is 0 Å². The summed E-state index contributed by atoms with van der Waals surface area (Å²) in [6, 6.07) is 80.6. The Balaban J connectivity index is 0.906. The van der Waals surface area contributed by atoms with Crippen molar-refractivity contribution in [2.75, 3.05) is 0 Å². The van der Waals surface area contributed by atoms with Gasteiger partial charge in [-0.05, 0) is 157 Å². The molecular formula is C69H42N2O2. The summed E-state index contributed by atoms with van der Waals surface area (Å²) in [7, 11) is 0. The molecule has 1 aliphatic rings. The predicted octanol–water partition coefficient (Wildman–Crippen LogP) is 19.1. The average Bonchev–Trinajstić information content (AvgIpc) is 4.23. The molecule has 0 amide bonds. The number of aromatic nitrogens is 2. The Morgan fingerprint density at radius 1 is 0.301 bits per heavy atom. The number of benzene rings is 12. The molecule has 4 nitrogen and oxygen atoms in total. The summed E-state index contributed by atoms with van der Waals surface area (Å²) >= 11 is 0. The van der Waals surface area contributed by atoms with Gasteiger partial charge in [-0.15, -0.1) is 0 Å². The Morgan fingerprint density at radius 2 is 0.795 bits per heavy atom. The van der Waals surface area contributed by atoms with Crippen molar-refractivity contribution in [2.24, 2.45) is 0 Å². The number of hydrogen-bond acceptors (Lipinski definition) is 2. The number of furan rings is 2. The molecule has 0 unspecified atom stereocenters. The maximum Gasteiger partial charge on any atom is 0.159 e. The zero-order valence-corrected chi connectivity index (χ0v) is 40.0. The van der Waals surface area contributed by atoms with Gasteiger partial charge in [0.25, 0.3) is 0 Å². The van der Waals surface area contributed by atoms with E-state index in [-0.39, 0.29) is 5.41 Å². The summed E-state index contributed by atoms with van der Waals surface area (Å²) in [4.78, 5) is 0. The molecule has 4 heteroatoms. The first kappa shape index (κ1) is 39.4. The molecule has 17 rings (SSSR count). The van der Waals surface area contributed by atoms with Gasteiger partial charge in [0.05, 0.1) is 27.8 Å². The van der Waals surface area contributed by atoms with Crippen LogP contribution in [0.1, 0.15) is 25.0 Å². The minimum atomic E-state index is -0.244. The number of nitrogens with zero attached hydrogens (tertiary/aromatic N) is 2. The molecule has 4 heterocycles. The van der Waals surface area contributed by atoms with Crippen LogP contribution >= 0.6 is 0 Å². The normalized spacial score (nSPS) is 13.5. The zero-order valence-electron chi connectivity index (χ0n) is 40.0. The fourth-order valence-electron chi connectivity index (χ4n) is 13.3. The first-order chi connectivity index (χ1) is 35.9. The molecule has 16 aromatic rings. The van der Waals surface area contributed by atoms with E-state index in [1.807, 2.05) is 12.1 Å². The van der Waals surface area contributed by atoms with Gasteiger partial charge in [0, 0.05) is 54.2 Å². The van der Waals surface area contributed by atoms with Crippen LogP contribution in [0, 0.1) is 0 Å². The van der Waals surface area contributed by atoms with E-state index < -0.39 is 0 Å². The average molecular weight is 931 g/mol. The Morgan fingerprint density at radius 3 is 1.51 bits per heavy atom. The van der Waals surface area contributed by atoms with E-state index in [4.69, 9.17) is 8.83 Å². The molecule has 0 bridgehead atoms. The smallest absolute Gasteiger partial charge is 0.159 e.